The minimum absolute atomic E-state index is 0.0194. The molecule has 62 valence electrons. The first-order valence-corrected chi connectivity index (χ1v) is 3.75. The zero-order chi connectivity index (χ0) is 8.32. The molecule has 0 bridgehead atoms. The van der Waals surface area contributed by atoms with Crippen molar-refractivity contribution in [1.29, 1.82) is 0 Å². The Bertz CT molecular complexity index is 181. The molecule has 1 amide bonds. The number of nitrogens with one attached hydrogen (secondary N) is 1. The Hall–Kier alpha value is -0.830. The van der Waals surface area contributed by atoms with Gasteiger partial charge in [0.2, 0.25) is 5.91 Å². The molecule has 0 aliphatic heterocycles. The van der Waals surface area contributed by atoms with Gasteiger partial charge < -0.3 is 10.1 Å². The van der Waals surface area contributed by atoms with Gasteiger partial charge in [0.15, 0.2) is 0 Å². The van der Waals surface area contributed by atoms with Crippen molar-refractivity contribution in [1.82, 2.24) is 5.32 Å². The molecule has 0 spiro atoms. The van der Waals surface area contributed by atoms with Crippen molar-refractivity contribution >= 4 is 5.91 Å². The molecule has 0 atom stereocenters. The quantitative estimate of drug-likeness (QED) is 0.368. The average Bonchev–Trinajstić information content (AvgIpc) is 2.70. The van der Waals surface area contributed by atoms with Crippen LogP contribution in [-0.4, -0.2) is 19.2 Å². The summed E-state index contributed by atoms with van der Waals surface area (Å²) in [7, 11) is 0. The molecule has 0 saturated heterocycles. The summed E-state index contributed by atoms with van der Waals surface area (Å²) in [6.45, 7) is 4.70. The maximum absolute atomic E-state index is 11.1. The summed E-state index contributed by atoms with van der Waals surface area (Å²) in [5.74, 6) is 0.0194. The number of carbonyl (C=O) groups excluding carboxylic acids is 1. The van der Waals surface area contributed by atoms with E-state index in [4.69, 9.17) is 4.74 Å². The molecule has 0 aromatic rings. The molecule has 3 nitrogen and oxygen atoms in total. The Kier molecular flexibility index (Phi) is 2.29. The van der Waals surface area contributed by atoms with Crippen LogP contribution in [0.15, 0.2) is 12.2 Å². The highest BCUT2D eigenvalue weighted by Crippen LogP contribution is 2.33. The van der Waals surface area contributed by atoms with Crippen molar-refractivity contribution in [2.75, 3.05) is 13.3 Å². The van der Waals surface area contributed by atoms with Gasteiger partial charge in [-0.3, -0.25) is 4.79 Å². The first kappa shape index (κ1) is 8.27. The molecule has 0 heterocycles. The van der Waals surface area contributed by atoms with Gasteiger partial charge in [0, 0.05) is 6.61 Å². The summed E-state index contributed by atoms with van der Waals surface area (Å²) < 4.78 is 4.97. The van der Waals surface area contributed by atoms with E-state index in [1.54, 1.807) is 0 Å². The lowest BCUT2D eigenvalue weighted by Crippen LogP contribution is -2.32. The van der Waals surface area contributed by atoms with Crippen molar-refractivity contribution in [3.05, 3.63) is 12.2 Å². The maximum Gasteiger partial charge on any atom is 0.235 e. The summed E-state index contributed by atoms with van der Waals surface area (Å²) >= 11 is 0. The zero-order valence-corrected chi connectivity index (χ0v) is 6.89. The van der Waals surface area contributed by atoms with Crippen molar-refractivity contribution in [2.45, 2.75) is 13.8 Å². The normalized spacial score (nSPS) is 18.0. The van der Waals surface area contributed by atoms with Crippen LogP contribution in [0.3, 0.4) is 0 Å². The Morgan fingerprint density at radius 2 is 2.27 bits per heavy atom. The molecule has 0 saturated carbocycles. The third-order valence-electron chi connectivity index (χ3n) is 1.69. The van der Waals surface area contributed by atoms with Gasteiger partial charge in [-0.2, -0.15) is 0 Å². The highest BCUT2D eigenvalue weighted by atomic mass is 16.5. The van der Waals surface area contributed by atoms with E-state index in [9.17, 15) is 4.79 Å². The van der Waals surface area contributed by atoms with E-state index < -0.39 is 0 Å². The van der Waals surface area contributed by atoms with Crippen molar-refractivity contribution in [3.8, 4) is 0 Å². The number of ether oxygens (including phenoxy) is 1. The topological polar surface area (TPSA) is 38.3 Å². The van der Waals surface area contributed by atoms with Gasteiger partial charge in [-0.05, 0) is 13.8 Å². The summed E-state index contributed by atoms with van der Waals surface area (Å²) in [4.78, 5) is 11.1. The van der Waals surface area contributed by atoms with Gasteiger partial charge in [0.05, 0.1) is 5.41 Å². The molecule has 0 radical (unpaired) electrons. The van der Waals surface area contributed by atoms with E-state index in [2.05, 4.69) is 5.32 Å². The Balaban J connectivity index is 2.12. The summed E-state index contributed by atoms with van der Waals surface area (Å²) in [5.41, 5.74) is -0.322. The highest BCUT2D eigenvalue weighted by molar-refractivity contribution is 5.90. The van der Waals surface area contributed by atoms with Gasteiger partial charge in [-0.1, -0.05) is 12.2 Å². The van der Waals surface area contributed by atoms with E-state index in [0.717, 1.165) is 0 Å². The van der Waals surface area contributed by atoms with Crippen molar-refractivity contribution in [2.24, 2.45) is 5.41 Å². The predicted molar refractivity (Wildman–Crippen MR) is 41.9 cm³/mol. The minimum Gasteiger partial charge on any atom is -0.362 e. The lowest BCUT2D eigenvalue weighted by atomic mass is 10.1. The molecular weight excluding hydrogens is 142 g/mol. The molecule has 1 rings (SSSR count). The van der Waals surface area contributed by atoms with Crippen LogP contribution in [-0.2, 0) is 9.53 Å². The molecule has 1 aliphatic carbocycles. The van der Waals surface area contributed by atoms with Crippen LogP contribution in [0.5, 0.6) is 0 Å². The molecule has 0 fully saturated rings. The van der Waals surface area contributed by atoms with Crippen LogP contribution in [0, 0.1) is 5.41 Å². The first-order valence-electron chi connectivity index (χ1n) is 3.75. The largest absolute Gasteiger partial charge is 0.362 e. The number of hydrogen-bond donors (Lipinski definition) is 1. The van der Waals surface area contributed by atoms with E-state index in [1.165, 1.54) is 0 Å². The van der Waals surface area contributed by atoms with Gasteiger partial charge in [-0.15, -0.1) is 0 Å². The van der Waals surface area contributed by atoms with Crippen molar-refractivity contribution in [3.63, 3.8) is 0 Å². The molecule has 0 aromatic heterocycles. The fraction of sp³-hybridized carbons (Fsp3) is 0.625. The minimum atomic E-state index is -0.322. The van der Waals surface area contributed by atoms with Crippen LogP contribution < -0.4 is 5.32 Å². The second-order valence-electron chi connectivity index (χ2n) is 2.76. The SMILES string of the molecule is CCOCNC(=O)C1(C)C=C1. The van der Waals surface area contributed by atoms with Gasteiger partial charge in [0.1, 0.15) is 6.73 Å². The Labute approximate surface area is 66.4 Å². The van der Waals surface area contributed by atoms with Crippen LogP contribution in [0.1, 0.15) is 13.8 Å². The number of hydrogen-bond acceptors (Lipinski definition) is 2. The van der Waals surface area contributed by atoms with Gasteiger partial charge in [-0.25, -0.2) is 0 Å². The monoisotopic (exact) mass is 155 g/mol. The second-order valence-corrected chi connectivity index (χ2v) is 2.76. The van der Waals surface area contributed by atoms with E-state index in [0.29, 0.717) is 13.3 Å². The highest BCUT2D eigenvalue weighted by Gasteiger charge is 2.36. The molecule has 11 heavy (non-hydrogen) atoms. The maximum atomic E-state index is 11.1. The average molecular weight is 155 g/mol. The smallest absolute Gasteiger partial charge is 0.235 e. The molecule has 0 unspecified atom stereocenters. The summed E-state index contributed by atoms with van der Waals surface area (Å²) in [6, 6.07) is 0. The van der Waals surface area contributed by atoms with Crippen LogP contribution in [0.2, 0.25) is 0 Å². The fourth-order valence-electron chi connectivity index (χ4n) is 0.685. The van der Waals surface area contributed by atoms with Gasteiger partial charge in [0.25, 0.3) is 0 Å². The molecule has 1 aliphatic rings. The second kappa shape index (κ2) is 3.05. The third-order valence-corrected chi connectivity index (χ3v) is 1.69. The number of rotatable bonds is 4. The number of carbonyl (C=O) groups is 1. The number of amides is 1. The van der Waals surface area contributed by atoms with Crippen LogP contribution in [0.4, 0.5) is 0 Å². The van der Waals surface area contributed by atoms with E-state index in [-0.39, 0.29) is 11.3 Å². The lowest BCUT2D eigenvalue weighted by Gasteiger charge is -2.09. The van der Waals surface area contributed by atoms with E-state index >= 15 is 0 Å². The zero-order valence-electron chi connectivity index (χ0n) is 6.89. The Morgan fingerprint density at radius 1 is 1.64 bits per heavy atom. The summed E-state index contributed by atoms with van der Waals surface area (Å²) in [6.07, 6.45) is 3.74. The van der Waals surface area contributed by atoms with Crippen LogP contribution in [0.25, 0.3) is 0 Å². The summed E-state index contributed by atoms with van der Waals surface area (Å²) in [5, 5.41) is 2.66. The van der Waals surface area contributed by atoms with Crippen molar-refractivity contribution < 1.29 is 9.53 Å². The van der Waals surface area contributed by atoms with E-state index in [1.807, 2.05) is 26.0 Å². The van der Waals surface area contributed by atoms with Crippen LogP contribution >= 0.6 is 0 Å². The third kappa shape index (κ3) is 2.05. The van der Waals surface area contributed by atoms with Gasteiger partial charge >= 0.3 is 0 Å². The molecule has 0 aromatic carbocycles. The molecule has 1 N–H and O–H groups in total. The standard InChI is InChI=1S/C8H13NO2/c1-3-11-6-9-7(10)8(2)4-5-8/h4-5H,3,6H2,1-2H3,(H,9,10). The predicted octanol–water partition coefficient (Wildman–Crippen LogP) is 0.673. The molecular formula is C8H13NO2. The fourth-order valence-corrected chi connectivity index (χ4v) is 0.685. The first-order chi connectivity index (χ1) is 5.19. The Morgan fingerprint density at radius 3 is 2.73 bits per heavy atom. The lowest BCUT2D eigenvalue weighted by molar-refractivity contribution is -0.126. The molecule has 3 heteroatoms.